The Balaban J connectivity index is 1.68. The van der Waals surface area contributed by atoms with E-state index in [1.54, 1.807) is 0 Å². The quantitative estimate of drug-likeness (QED) is 0.905. The van der Waals surface area contributed by atoms with Crippen LogP contribution in [0.2, 0.25) is 0 Å². The van der Waals surface area contributed by atoms with E-state index < -0.39 is 5.97 Å². The van der Waals surface area contributed by atoms with Gasteiger partial charge in [-0.3, -0.25) is 4.79 Å². The van der Waals surface area contributed by atoms with Crippen LogP contribution in [0.3, 0.4) is 0 Å². The molecule has 0 saturated heterocycles. The third-order valence-electron chi connectivity index (χ3n) is 3.39. The molecule has 1 aliphatic rings. The number of carboxylic acid groups (broad SMARTS) is 1. The molecule has 0 aromatic heterocycles. The molecule has 1 fully saturated rings. The van der Waals surface area contributed by atoms with Crippen LogP contribution in [-0.2, 0) is 4.79 Å². The Hall–Kier alpha value is -2.29. The monoisotopic (exact) mass is 254 g/mol. The highest BCUT2D eigenvalue weighted by atomic mass is 16.5. The fourth-order valence-corrected chi connectivity index (χ4v) is 2.24. The summed E-state index contributed by atoms with van der Waals surface area (Å²) in [7, 11) is 0. The Kier molecular flexibility index (Phi) is 2.95. The summed E-state index contributed by atoms with van der Waals surface area (Å²) in [6, 6.07) is 17.3. The van der Waals surface area contributed by atoms with Crippen molar-refractivity contribution in [3.8, 4) is 11.5 Å². The number of carboxylic acids is 1. The normalized spacial score (nSPS) is 20.8. The molecule has 0 heterocycles. The van der Waals surface area contributed by atoms with Crippen molar-refractivity contribution in [2.24, 2.45) is 5.92 Å². The fourth-order valence-electron chi connectivity index (χ4n) is 2.24. The molecule has 0 radical (unpaired) electrons. The minimum Gasteiger partial charge on any atom is -0.481 e. The molecular weight excluding hydrogens is 240 g/mol. The number of carbonyl (C=O) groups is 1. The van der Waals surface area contributed by atoms with Crippen LogP contribution in [-0.4, -0.2) is 11.1 Å². The van der Waals surface area contributed by atoms with Crippen LogP contribution in [0.4, 0.5) is 0 Å². The van der Waals surface area contributed by atoms with Gasteiger partial charge in [0.1, 0.15) is 11.5 Å². The molecule has 2 aromatic carbocycles. The highest BCUT2D eigenvalue weighted by molar-refractivity contribution is 5.75. The van der Waals surface area contributed by atoms with Crippen LogP contribution in [0.25, 0.3) is 0 Å². The van der Waals surface area contributed by atoms with Crippen LogP contribution in [0, 0.1) is 5.92 Å². The predicted octanol–water partition coefficient (Wildman–Crippen LogP) is 3.67. The maximum Gasteiger partial charge on any atom is 0.307 e. The second-order valence-corrected chi connectivity index (χ2v) is 4.77. The third kappa shape index (κ3) is 2.60. The minimum atomic E-state index is -0.699. The smallest absolute Gasteiger partial charge is 0.307 e. The maximum absolute atomic E-state index is 10.8. The Morgan fingerprint density at radius 1 is 1.00 bits per heavy atom. The first-order valence-electron chi connectivity index (χ1n) is 6.30. The van der Waals surface area contributed by atoms with Gasteiger partial charge in [0.15, 0.2) is 0 Å². The predicted molar refractivity (Wildman–Crippen MR) is 71.4 cm³/mol. The van der Waals surface area contributed by atoms with Gasteiger partial charge in [-0.05, 0) is 42.2 Å². The number of rotatable bonds is 4. The van der Waals surface area contributed by atoms with Crippen molar-refractivity contribution >= 4 is 5.97 Å². The lowest BCUT2D eigenvalue weighted by atomic mass is 10.1. The van der Waals surface area contributed by atoms with Crippen molar-refractivity contribution in [2.75, 3.05) is 0 Å². The molecule has 3 heteroatoms. The average Bonchev–Trinajstić information content (AvgIpc) is 3.21. The van der Waals surface area contributed by atoms with Gasteiger partial charge in [0.05, 0.1) is 5.92 Å². The zero-order valence-corrected chi connectivity index (χ0v) is 10.3. The summed E-state index contributed by atoms with van der Waals surface area (Å²) in [5.41, 5.74) is 1.08. The van der Waals surface area contributed by atoms with E-state index in [0.717, 1.165) is 23.5 Å². The lowest BCUT2D eigenvalue weighted by Gasteiger charge is -2.06. The molecule has 1 N–H and O–H groups in total. The first-order chi connectivity index (χ1) is 9.24. The van der Waals surface area contributed by atoms with Crippen molar-refractivity contribution in [1.82, 2.24) is 0 Å². The Morgan fingerprint density at radius 2 is 1.63 bits per heavy atom. The number of ether oxygens (including phenoxy) is 1. The molecule has 0 amide bonds. The minimum absolute atomic E-state index is 0.170. The summed E-state index contributed by atoms with van der Waals surface area (Å²) < 4.78 is 5.69. The molecule has 96 valence electrons. The van der Waals surface area contributed by atoms with E-state index in [4.69, 9.17) is 9.84 Å². The molecule has 3 nitrogen and oxygen atoms in total. The SMILES string of the molecule is O=C(O)[C@@H]1C[C@H]1c1ccc(Oc2ccccc2)cc1. The first kappa shape index (κ1) is 11.8. The summed E-state index contributed by atoms with van der Waals surface area (Å²) in [5, 5.41) is 8.91. The van der Waals surface area contributed by atoms with E-state index in [1.165, 1.54) is 0 Å². The number of aliphatic carboxylic acids is 1. The van der Waals surface area contributed by atoms with E-state index >= 15 is 0 Å². The van der Waals surface area contributed by atoms with Crippen LogP contribution >= 0.6 is 0 Å². The van der Waals surface area contributed by atoms with E-state index in [-0.39, 0.29) is 11.8 Å². The van der Waals surface area contributed by atoms with E-state index in [1.807, 2.05) is 54.6 Å². The molecule has 2 atom stereocenters. The van der Waals surface area contributed by atoms with Crippen molar-refractivity contribution in [3.05, 3.63) is 60.2 Å². The van der Waals surface area contributed by atoms with Gasteiger partial charge in [0.25, 0.3) is 0 Å². The lowest BCUT2D eigenvalue weighted by molar-refractivity contribution is -0.138. The number of para-hydroxylation sites is 1. The van der Waals surface area contributed by atoms with Gasteiger partial charge < -0.3 is 9.84 Å². The van der Waals surface area contributed by atoms with Crippen molar-refractivity contribution in [1.29, 1.82) is 0 Å². The fraction of sp³-hybridized carbons (Fsp3) is 0.188. The molecule has 1 aliphatic carbocycles. The maximum atomic E-state index is 10.8. The Bertz CT molecular complexity index is 575. The summed E-state index contributed by atoms with van der Waals surface area (Å²) in [5.74, 6) is 0.825. The van der Waals surface area contributed by atoms with Gasteiger partial charge in [-0.15, -0.1) is 0 Å². The zero-order valence-electron chi connectivity index (χ0n) is 10.3. The van der Waals surface area contributed by atoms with Crippen molar-refractivity contribution < 1.29 is 14.6 Å². The highest BCUT2D eigenvalue weighted by Crippen LogP contribution is 2.47. The Labute approximate surface area is 111 Å². The number of hydrogen-bond acceptors (Lipinski definition) is 2. The van der Waals surface area contributed by atoms with Gasteiger partial charge >= 0.3 is 5.97 Å². The second kappa shape index (κ2) is 4.76. The Morgan fingerprint density at radius 3 is 2.21 bits per heavy atom. The van der Waals surface area contributed by atoms with E-state index in [0.29, 0.717) is 0 Å². The van der Waals surface area contributed by atoms with Gasteiger partial charge in [-0.25, -0.2) is 0 Å². The molecule has 1 saturated carbocycles. The third-order valence-corrected chi connectivity index (χ3v) is 3.39. The number of hydrogen-bond donors (Lipinski definition) is 1. The summed E-state index contributed by atoms with van der Waals surface area (Å²) in [6.07, 6.45) is 0.744. The van der Waals surface area contributed by atoms with Crippen LogP contribution in [0.15, 0.2) is 54.6 Å². The van der Waals surface area contributed by atoms with E-state index in [9.17, 15) is 4.79 Å². The van der Waals surface area contributed by atoms with Crippen molar-refractivity contribution in [3.63, 3.8) is 0 Å². The topological polar surface area (TPSA) is 46.5 Å². The summed E-state index contributed by atoms with van der Waals surface area (Å²) in [4.78, 5) is 10.8. The lowest BCUT2D eigenvalue weighted by Crippen LogP contribution is -1.98. The van der Waals surface area contributed by atoms with Gasteiger partial charge in [-0.2, -0.15) is 0 Å². The van der Waals surface area contributed by atoms with Gasteiger partial charge in [0, 0.05) is 0 Å². The standard InChI is InChI=1S/C16H14O3/c17-16(18)15-10-14(15)11-6-8-13(9-7-11)19-12-4-2-1-3-5-12/h1-9,14-15H,10H2,(H,17,18)/t14-,15+/m0/s1. The van der Waals surface area contributed by atoms with Gasteiger partial charge in [0.2, 0.25) is 0 Å². The van der Waals surface area contributed by atoms with Crippen LogP contribution in [0.5, 0.6) is 11.5 Å². The molecule has 0 aliphatic heterocycles. The molecule has 19 heavy (non-hydrogen) atoms. The van der Waals surface area contributed by atoms with E-state index in [2.05, 4.69) is 0 Å². The zero-order chi connectivity index (χ0) is 13.2. The second-order valence-electron chi connectivity index (χ2n) is 4.77. The summed E-state index contributed by atoms with van der Waals surface area (Å²) in [6.45, 7) is 0. The van der Waals surface area contributed by atoms with Crippen LogP contribution < -0.4 is 4.74 Å². The van der Waals surface area contributed by atoms with Crippen LogP contribution in [0.1, 0.15) is 17.9 Å². The molecule has 3 rings (SSSR count). The summed E-state index contributed by atoms with van der Waals surface area (Å²) >= 11 is 0. The van der Waals surface area contributed by atoms with Gasteiger partial charge in [-0.1, -0.05) is 30.3 Å². The largest absolute Gasteiger partial charge is 0.481 e. The average molecular weight is 254 g/mol. The molecule has 0 unspecified atom stereocenters. The first-order valence-corrected chi connectivity index (χ1v) is 6.30. The van der Waals surface area contributed by atoms with Crippen molar-refractivity contribution in [2.45, 2.75) is 12.3 Å². The number of benzene rings is 2. The molecule has 0 spiro atoms. The molecule has 2 aromatic rings. The highest BCUT2D eigenvalue weighted by Gasteiger charge is 2.43. The molecule has 0 bridgehead atoms. The molecular formula is C16H14O3.